The first-order valence-corrected chi connectivity index (χ1v) is 2.73. The van der Waals surface area contributed by atoms with Crippen molar-refractivity contribution in [3.63, 3.8) is 0 Å². The molecular formula is C6H12O6. The average molecular weight is 180 g/mol. The van der Waals surface area contributed by atoms with E-state index in [1.165, 1.54) is 0 Å². The van der Waals surface area contributed by atoms with Gasteiger partial charge in [0.05, 0.1) is 0 Å². The predicted molar refractivity (Wildman–Crippen MR) is 37.7 cm³/mol. The highest BCUT2D eigenvalue weighted by Gasteiger charge is 2.10. The van der Waals surface area contributed by atoms with Crippen molar-refractivity contribution in [2.24, 2.45) is 0 Å². The minimum absolute atomic E-state index is 0. The quantitative estimate of drug-likeness (QED) is 0.327. The molecule has 0 unspecified atom stereocenters. The summed E-state index contributed by atoms with van der Waals surface area (Å²) in [5.41, 5.74) is 0. The van der Waals surface area contributed by atoms with Crippen molar-refractivity contribution >= 4 is 11.9 Å². The smallest absolute Gasteiger partial charge is 0.319 e. The first-order chi connectivity index (χ1) is 5.20. The fourth-order valence-corrected chi connectivity index (χ4v) is 0.364. The molecule has 0 amide bonds. The third-order valence-corrected chi connectivity index (χ3v) is 0.740. The molecule has 72 valence electrons. The Kier molecular flexibility index (Phi) is 8.92. The molecule has 0 rings (SSSR count). The van der Waals surface area contributed by atoms with Gasteiger partial charge in [-0.3, -0.25) is 9.59 Å². The summed E-state index contributed by atoms with van der Waals surface area (Å²) in [6.07, 6.45) is -0.610. The molecule has 12 heavy (non-hydrogen) atoms. The molecule has 0 aromatic carbocycles. The van der Waals surface area contributed by atoms with Gasteiger partial charge >= 0.3 is 11.9 Å². The van der Waals surface area contributed by atoms with Crippen molar-refractivity contribution < 1.29 is 29.3 Å². The number of hydrogen-bond acceptors (Lipinski definition) is 6. The lowest BCUT2D eigenvalue weighted by Gasteiger charge is -1.99. The molecule has 0 atom stereocenters. The molecule has 0 heterocycles. The van der Waals surface area contributed by atoms with Crippen molar-refractivity contribution in [1.29, 1.82) is 0 Å². The van der Waals surface area contributed by atoms with Gasteiger partial charge in [0.1, 0.15) is 6.42 Å². The summed E-state index contributed by atoms with van der Waals surface area (Å²) in [5.74, 6) is -1.79. The second-order valence-corrected chi connectivity index (χ2v) is 1.47. The highest BCUT2D eigenvalue weighted by molar-refractivity contribution is 5.91. The highest BCUT2D eigenvalue weighted by Crippen LogP contribution is 1.88. The van der Waals surface area contributed by atoms with E-state index in [-0.39, 0.29) is 7.43 Å². The SMILES string of the molecule is C.O=C(CC(=O)OCO)OCO. The zero-order valence-corrected chi connectivity index (χ0v) is 5.65. The summed E-state index contributed by atoms with van der Waals surface area (Å²) >= 11 is 0. The number of aliphatic hydroxyl groups excluding tert-OH is 2. The van der Waals surface area contributed by atoms with Crippen LogP contribution in [-0.4, -0.2) is 35.7 Å². The lowest BCUT2D eigenvalue weighted by molar-refractivity contribution is -0.162. The molecule has 0 spiro atoms. The number of aliphatic hydroxyl groups is 2. The Hall–Kier alpha value is -1.14. The van der Waals surface area contributed by atoms with E-state index < -0.39 is 31.9 Å². The van der Waals surface area contributed by atoms with Crippen LogP contribution in [0.5, 0.6) is 0 Å². The van der Waals surface area contributed by atoms with Gasteiger partial charge in [-0.15, -0.1) is 0 Å². The van der Waals surface area contributed by atoms with Crippen molar-refractivity contribution in [3.05, 3.63) is 0 Å². The topological polar surface area (TPSA) is 93.1 Å². The lowest BCUT2D eigenvalue weighted by atomic mass is 10.4. The maximum Gasteiger partial charge on any atom is 0.319 e. The molecule has 0 aromatic rings. The summed E-state index contributed by atoms with van der Waals surface area (Å²) in [6, 6.07) is 0. The Morgan fingerprint density at radius 2 is 1.33 bits per heavy atom. The van der Waals surface area contributed by atoms with E-state index in [1.54, 1.807) is 0 Å². The summed E-state index contributed by atoms with van der Waals surface area (Å²) in [7, 11) is 0. The fraction of sp³-hybridized carbons (Fsp3) is 0.667. The molecule has 0 aliphatic carbocycles. The van der Waals surface area contributed by atoms with Crippen molar-refractivity contribution in [2.45, 2.75) is 13.8 Å². The monoisotopic (exact) mass is 180 g/mol. The fourth-order valence-electron chi connectivity index (χ4n) is 0.364. The van der Waals surface area contributed by atoms with Crippen LogP contribution in [-0.2, 0) is 19.1 Å². The molecule has 2 N–H and O–H groups in total. The largest absolute Gasteiger partial charge is 0.438 e. The molecular weight excluding hydrogens is 168 g/mol. The highest BCUT2D eigenvalue weighted by atomic mass is 16.6. The summed E-state index contributed by atoms with van der Waals surface area (Å²) in [5, 5.41) is 16.1. The van der Waals surface area contributed by atoms with Crippen LogP contribution in [0.2, 0.25) is 0 Å². The van der Waals surface area contributed by atoms with E-state index in [4.69, 9.17) is 10.2 Å². The standard InChI is InChI=1S/C5H8O6.CH4/c6-2-10-4(8)1-5(9)11-3-7;/h6-7H,1-3H2;1H4. The molecule has 0 bridgehead atoms. The molecule has 0 saturated heterocycles. The third kappa shape index (κ3) is 6.97. The Morgan fingerprint density at radius 3 is 1.58 bits per heavy atom. The molecule has 0 saturated carbocycles. The van der Waals surface area contributed by atoms with Gasteiger partial charge in [0, 0.05) is 0 Å². The molecule has 0 aliphatic rings. The second kappa shape index (κ2) is 7.96. The van der Waals surface area contributed by atoms with Crippen LogP contribution in [0.15, 0.2) is 0 Å². The Labute approximate surface area is 69.7 Å². The van der Waals surface area contributed by atoms with Gasteiger partial charge in [-0.2, -0.15) is 0 Å². The maximum absolute atomic E-state index is 10.4. The van der Waals surface area contributed by atoms with Crippen LogP contribution in [0.25, 0.3) is 0 Å². The van der Waals surface area contributed by atoms with Crippen molar-refractivity contribution in [2.75, 3.05) is 13.6 Å². The van der Waals surface area contributed by atoms with E-state index in [0.29, 0.717) is 0 Å². The number of rotatable bonds is 4. The van der Waals surface area contributed by atoms with E-state index in [0.717, 1.165) is 0 Å². The second-order valence-electron chi connectivity index (χ2n) is 1.47. The summed E-state index contributed by atoms with van der Waals surface area (Å²) in [4.78, 5) is 20.7. The van der Waals surface area contributed by atoms with Gasteiger partial charge in [-0.25, -0.2) is 0 Å². The third-order valence-electron chi connectivity index (χ3n) is 0.740. The summed E-state index contributed by atoms with van der Waals surface area (Å²) in [6.45, 7) is -1.55. The van der Waals surface area contributed by atoms with Gasteiger partial charge in [0.15, 0.2) is 13.6 Å². The zero-order chi connectivity index (χ0) is 8.69. The van der Waals surface area contributed by atoms with Gasteiger partial charge in [0.2, 0.25) is 0 Å². The number of carbonyl (C=O) groups excluding carboxylic acids is 2. The molecule has 0 aromatic heterocycles. The van der Waals surface area contributed by atoms with Crippen LogP contribution in [0.3, 0.4) is 0 Å². The predicted octanol–water partition coefficient (Wildman–Crippen LogP) is -1.00. The van der Waals surface area contributed by atoms with Gasteiger partial charge in [0.25, 0.3) is 0 Å². The van der Waals surface area contributed by atoms with E-state index in [1.807, 2.05) is 0 Å². The van der Waals surface area contributed by atoms with Crippen LogP contribution in [0, 0.1) is 0 Å². The Bertz CT molecular complexity index is 127. The maximum atomic E-state index is 10.4. The van der Waals surface area contributed by atoms with Crippen molar-refractivity contribution in [3.8, 4) is 0 Å². The van der Waals surface area contributed by atoms with Crippen molar-refractivity contribution in [1.82, 2.24) is 0 Å². The molecule has 6 heteroatoms. The number of carbonyl (C=O) groups is 2. The van der Waals surface area contributed by atoms with E-state index >= 15 is 0 Å². The first-order valence-electron chi connectivity index (χ1n) is 2.73. The minimum Gasteiger partial charge on any atom is -0.438 e. The van der Waals surface area contributed by atoms with E-state index in [2.05, 4.69) is 9.47 Å². The van der Waals surface area contributed by atoms with E-state index in [9.17, 15) is 9.59 Å². The van der Waals surface area contributed by atoms with Crippen LogP contribution >= 0.6 is 0 Å². The first kappa shape index (κ1) is 13.4. The minimum atomic E-state index is -0.897. The molecule has 0 radical (unpaired) electrons. The van der Waals surface area contributed by atoms with Crippen LogP contribution < -0.4 is 0 Å². The molecule has 6 nitrogen and oxygen atoms in total. The number of esters is 2. The summed E-state index contributed by atoms with van der Waals surface area (Å²) < 4.78 is 7.99. The lowest BCUT2D eigenvalue weighted by Crippen LogP contribution is -2.14. The molecule has 0 aliphatic heterocycles. The van der Waals surface area contributed by atoms with Gasteiger partial charge in [-0.05, 0) is 0 Å². The number of ether oxygens (including phenoxy) is 2. The Morgan fingerprint density at radius 1 is 1.00 bits per heavy atom. The number of hydrogen-bond donors (Lipinski definition) is 2. The zero-order valence-electron chi connectivity index (χ0n) is 5.65. The molecule has 0 fully saturated rings. The Balaban J connectivity index is 0. The average Bonchev–Trinajstić information content (AvgIpc) is 1.87. The van der Waals surface area contributed by atoms with Gasteiger partial charge in [-0.1, -0.05) is 7.43 Å². The van der Waals surface area contributed by atoms with Gasteiger partial charge < -0.3 is 19.7 Å². The van der Waals surface area contributed by atoms with Crippen LogP contribution in [0.1, 0.15) is 13.8 Å². The normalized spacial score (nSPS) is 8.17. The van der Waals surface area contributed by atoms with Crippen LogP contribution in [0.4, 0.5) is 0 Å².